The van der Waals surface area contributed by atoms with Crippen LogP contribution in [0.15, 0.2) is 36.4 Å². The Morgan fingerprint density at radius 1 is 1.26 bits per heavy atom. The van der Waals surface area contributed by atoms with Crippen molar-refractivity contribution in [1.82, 2.24) is 10.2 Å². The number of carbonyl (C=O) groups excluding carboxylic acids is 2. The fourth-order valence-corrected chi connectivity index (χ4v) is 4.28. The second kappa shape index (κ2) is 10.1. The molecule has 2 heterocycles. The zero-order chi connectivity index (χ0) is 25.2. The maximum atomic E-state index is 14.4. The molecule has 2 aromatic carbocycles. The molecule has 2 amide bonds. The third-order valence-electron chi connectivity index (χ3n) is 5.96. The van der Waals surface area contributed by atoms with E-state index in [1.54, 1.807) is 43.9 Å². The van der Waals surface area contributed by atoms with E-state index in [-0.39, 0.29) is 23.3 Å². The Morgan fingerprint density at radius 2 is 2.06 bits per heavy atom. The number of hydrogen-bond acceptors (Lipinski definition) is 6. The summed E-state index contributed by atoms with van der Waals surface area (Å²) in [5, 5.41) is 11.9. The maximum Gasteiger partial charge on any atom is 0.407 e. The first-order valence-electron chi connectivity index (χ1n) is 11.5. The van der Waals surface area contributed by atoms with Crippen LogP contribution in [0.3, 0.4) is 0 Å². The van der Waals surface area contributed by atoms with Crippen LogP contribution in [0, 0.1) is 17.1 Å². The average Bonchev–Trinajstić information content (AvgIpc) is 3.49. The minimum absolute atomic E-state index is 0.0457. The molecule has 1 unspecified atom stereocenters. The van der Waals surface area contributed by atoms with Crippen LogP contribution in [0.25, 0.3) is 11.1 Å². The van der Waals surface area contributed by atoms with Crippen molar-refractivity contribution in [1.29, 1.82) is 5.26 Å². The number of alkyl carbamates (subject to hydrolysis) is 1. The van der Waals surface area contributed by atoms with Gasteiger partial charge in [-0.2, -0.15) is 5.26 Å². The molecule has 4 rings (SSSR count). The Balaban J connectivity index is 1.56. The van der Waals surface area contributed by atoms with Gasteiger partial charge in [0.25, 0.3) is 5.91 Å². The number of nitriles is 1. The lowest BCUT2D eigenvalue weighted by atomic mass is 9.74. The monoisotopic (exact) mass is 479 g/mol. The Labute approximate surface area is 204 Å². The van der Waals surface area contributed by atoms with Gasteiger partial charge >= 0.3 is 13.6 Å². The van der Waals surface area contributed by atoms with Gasteiger partial charge in [-0.25, -0.2) is 9.18 Å². The molecule has 2 fully saturated rings. The van der Waals surface area contributed by atoms with E-state index in [4.69, 9.17) is 19.7 Å². The number of ether oxygens (including phenoxy) is 1. The summed E-state index contributed by atoms with van der Waals surface area (Å²) in [6, 6.07) is 11.4. The van der Waals surface area contributed by atoms with Crippen LogP contribution in [-0.4, -0.2) is 55.7 Å². The molecule has 182 valence electrons. The largest absolute Gasteiger partial charge is 0.444 e. The van der Waals surface area contributed by atoms with E-state index in [1.165, 1.54) is 12.1 Å². The van der Waals surface area contributed by atoms with E-state index in [0.29, 0.717) is 50.3 Å². The van der Waals surface area contributed by atoms with E-state index in [0.717, 1.165) is 5.56 Å². The Morgan fingerprint density at radius 3 is 2.71 bits per heavy atom. The third-order valence-corrected chi connectivity index (χ3v) is 5.96. The Hall–Kier alpha value is -3.42. The van der Waals surface area contributed by atoms with Crippen molar-refractivity contribution in [3.63, 3.8) is 0 Å². The van der Waals surface area contributed by atoms with Gasteiger partial charge in [-0.05, 0) is 68.1 Å². The van der Waals surface area contributed by atoms with E-state index >= 15 is 0 Å². The molecular formula is C25H27BFN3O5. The summed E-state index contributed by atoms with van der Waals surface area (Å²) < 4.78 is 19.7. The van der Waals surface area contributed by atoms with Gasteiger partial charge in [0.2, 0.25) is 0 Å². The summed E-state index contributed by atoms with van der Waals surface area (Å²) in [5.41, 5.74) is 1.91. The number of likely N-dealkylation sites (tertiary alicyclic amines) is 1. The average molecular weight is 479 g/mol. The number of nitrogens with zero attached hydrogens (tertiary/aromatic N) is 2. The molecule has 0 radical (unpaired) electrons. The summed E-state index contributed by atoms with van der Waals surface area (Å²) >= 11 is 0. The van der Waals surface area contributed by atoms with Gasteiger partial charge < -0.3 is 19.8 Å². The molecule has 2 aliphatic rings. The fraction of sp³-hybridized carbons (Fsp3) is 0.400. The summed E-state index contributed by atoms with van der Waals surface area (Å²) in [6.45, 7) is 6.59. The zero-order valence-corrected chi connectivity index (χ0v) is 20.0. The van der Waals surface area contributed by atoms with Crippen LogP contribution in [0.4, 0.5) is 9.18 Å². The third kappa shape index (κ3) is 5.81. The number of rotatable bonds is 4. The van der Waals surface area contributed by atoms with Crippen LogP contribution in [0.2, 0.25) is 0 Å². The summed E-state index contributed by atoms with van der Waals surface area (Å²) in [7, 11) is 0.350. The van der Waals surface area contributed by atoms with E-state index in [2.05, 4.69) is 5.32 Å². The first kappa shape index (κ1) is 24.7. The van der Waals surface area contributed by atoms with Crippen molar-refractivity contribution in [2.24, 2.45) is 0 Å². The first-order chi connectivity index (χ1) is 16.6. The number of amides is 2. The van der Waals surface area contributed by atoms with Crippen molar-refractivity contribution in [3.05, 3.63) is 58.9 Å². The predicted molar refractivity (Wildman–Crippen MR) is 127 cm³/mol. The summed E-state index contributed by atoms with van der Waals surface area (Å²) in [4.78, 5) is 37.2. The lowest BCUT2D eigenvalue weighted by Crippen LogP contribution is -2.41. The molecule has 0 spiro atoms. The van der Waals surface area contributed by atoms with Gasteiger partial charge in [-0.3, -0.25) is 9.68 Å². The lowest BCUT2D eigenvalue weighted by molar-refractivity contribution is -0.183. The summed E-state index contributed by atoms with van der Waals surface area (Å²) in [5.74, 6) is -0.872. The van der Waals surface area contributed by atoms with Gasteiger partial charge in [-0.15, -0.1) is 0 Å². The molecule has 8 nitrogen and oxygen atoms in total. The molecule has 0 aliphatic carbocycles. The highest BCUT2D eigenvalue weighted by molar-refractivity contribution is 6.30. The van der Waals surface area contributed by atoms with E-state index in [1.807, 2.05) is 12.1 Å². The normalized spacial score (nSPS) is 19.7. The molecular weight excluding hydrogens is 452 g/mol. The van der Waals surface area contributed by atoms with Gasteiger partial charge in [0, 0.05) is 24.5 Å². The zero-order valence-electron chi connectivity index (χ0n) is 20.0. The quantitative estimate of drug-likeness (QED) is 0.533. The predicted octanol–water partition coefficient (Wildman–Crippen LogP) is 3.46. The number of benzene rings is 2. The van der Waals surface area contributed by atoms with Gasteiger partial charge in [0.05, 0.1) is 18.2 Å². The SMILES string of the molecule is CC(C)(C)OC(=O)N[C@H]1CCN(C(=O)c2ccc(C3BOOC3)c(-c3ccc(C#N)c(F)c3)c2)C1. The highest BCUT2D eigenvalue weighted by Crippen LogP contribution is 2.33. The van der Waals surface area contributed by atoms with Gasteiger partial charge in [-0.1, -0.05) is 12.1 Å². The number of hydrogen-bond donors (Lipinski definition) is 1. The minimum atomic E-state index is -0.623. The number of carbonyl (C=O) groups is 2. The Kier molecular flexibility index (Phi) is 7.10. The van der Waals surface area contributed by atoms with Crippen LogP contribution >= 0.6 is 0 Å². The topological polar surface area (TPSA) is 101 Å². The number of nitrogens with one attached hydrogen (secondary N) is 1. The standard InChI is InChI=1S/C25H27BFN3O5/c1-25(2,3)34-24(32)29-18-8-9-30(13-18)23(31)16-6-7-19(21-14-33-35-26-21)20(10-16)15-4-5-17(12-28)22(27)11-15/h4-7,10-11,18,21,26H,8-9,13-14H2,1-3H3,(H,29,32)/t18-,21?/m0/s1. The highest BCUT2D eigenvalue weighted by atomic mass is 19.1. The first-order valence-corrected chi connectivity index (χ1v) is 11.5. The van der Waals surface area contributed by atoms with Crippen molar-refractivity contribution >= 4 is 19.5 Å². The smallest absolute Gasteiger partial charge is 0.407 e. The molecule has 2 atom stereocenters. The van der Waals surface area contributed by atoms with Crippen LogP contribution in [0.5, 0.6) is 0 Å². The van der Waals surface area contributed by atoms with Gasteiger partial charge in [0.15, 0.2) is 0 Å². The van der Waals surface area contributed by atoms with Crippen molar-refractivity contribution in [3.8, 4) is 17.2 Å². The van der Waals surface area contributed by atoms with Crippen LogP contribution in [0.1, 0.15) is 54.5 Å². The molecule has 2 aliphatic heterocycles. The van der Waals surface area contributed by atoms with Crippen molar-refractivity contribution in [2.75, 3.05) is 19.7 Å². The minimum Gasteiger partial charge on any atom is -0.444 e. The molecule has 0 aromatic heterocycles. The van der Waals surface area contributed by atoms with Crippen molar-refractivity contribution < 1.29 is 28.4 Å². The Bertz CT molecular complexity index is 1170. The molecule has 1 N–H and O–H groups in total. The molecule has 35 heavy (non-hydrogen) atoms. The van der Waals surface area contributed by atoms with E-state index in [9.17, 15) is 14.0 Å². The van der Waals surface area contributed by atoms with Crippen LogP contribution < -0.4 is 5.32 Å². The maximum absolute atomic E-state index is 14.4. The van der Waals surface area contributed by atoms with Gasteiger partial charge in [0.1, 0.15) is 17.5 Å². The van der Waals surface area contributed by atoms with Crippen LogP contribution in [-0.2, 0) is 14.4 Å². The molecule has 10 heteroatoms. The second-order valence-corrected chi connectivity index (χ2v) is 9.76. The van der Waals surface area contributed by atoms with Crippen molar-refractivity contribution in [2.45, 2.75) is 44.7 Å². The molecule has 0 bridgehead atoms. The highest BCUT2D eigenvalue weighted by Gasteiger charge is 2.31. The number of halogens is 1. The summed E-state index contributed by atoms with van der Waals surface area (Å²) in [6.07, 6.45) is 0.111. The lowest BCUT2D eigenvalue weighted by Gasteiger charge is -2.22. The molecule has 0 saturated carbocycles. The van der Waals surface area contributed by atoms with E-state index < -0.39 is 17.5 Å². The second-order valence-electron chi connectivity index (χ2n) is 9.76. The molecule has 2 aromatic rings. The molecule has 2 saturated heterocycles. The fourth-order valence-electron chi connectivity index (χ4n) is 4.28.